The van der Waals surface area contributed by atoms with Crippen LogP contribution in [0.2, 0.25) is 0 Å². The van der Waals surface area contributed by atoms with Gasteiger partial charge in [0.15, 0.2) is 0 Å². The van der Waals surface area contributed by atoms with Gasteiger partial charge in [-0.15, -0.1) is 0 Å². The van der Waals surface area contributed by atoms with Crippen molar-refractivity contribution in [3.63, 3.8) is 0 Å². The first-order valence-corrected chi connectivity index (χ1v) is 11.8. The normalized spacial score (nSPS) is 14.5. The summed E-state index contributed by atoms with van der Waals surface area (Å²) in [6.45, 7) is 3.73. The SMILES string of the molecule is Cc1ccc(NC(=O)CN2C(=O)N/C(=C/c3c(C)n(Cc4ccccc4F)c4ccccc34)C2=O)cc1. The van der Waals surface area contributed by atoms with Gasteiger partial charge < -0.3 is 15.2 Å². The van der Waals surface area contributed by atoms with Gasteiger partial charge in [0, 0.05) is 33.4 Å². The molecule has 0 radical (unpaired) electrons. The first-order valence-electron chi connectivity index (χ1n) is 11.8. The molecule has 2 N–H and O–H groups in total. The molecular weight excluding hydrogens is 471 g/mol. The van der Waals surface area contributed by atoms with Gasteiger partial charge >= 0.3 is 6.03 Å². The Bertz CT molecular complexity index is 1570. The molecule has 2 heterocycles. The van der Waals surface area contributed by atoms with Gasteiger partial charge in [-0.3, -0.25) is 9.59 Å². The van der Waals surface area contributed by atoms with E-state index in [1.165, 1.54) is 6.07 Å². The van der Waals surface area contributed by atoms with Crippen LogP contribution in [0.5, 0.6) is 0 Å². The van der Waals surface area contributed by atoms with Crippen LogP contribution in [0.4, 0.5) is 14.9 Å². The van der Waals surface area contributed by atoms with Crippen LogP contribution < -0.4 is 10.6 Å². The average molecular weight is 497 g/mol. The van der Waals surface area contributed by atoms with Gasteiger partial charge in [-0.05, 0) is 44.2 Å². The fraction of sp³-hybridized carbons (Fsp3) is 0.138. The molecule has 0 aliphatic carbocycles. The first kappa shape index (κ1) is 24.0. The molecule has 4 amide bonds. The van der Waals surface area contributed by atoms with Gasteiger partial charge in [-0.1, -0.05) is 54.1 Å². The van der Waals surface area contributed by atoms with Crippen molar-refractivity contribution in [1.82, 2.24) is 14.8 Å². The lowest BCUT2D eigenvalue weighted by molar-refractivity contribution is -0.127. The number of aryl methyl sites for hydroxylation is 1. The zero-order valence-electron chi connectivity index (χ0n) is 20.4. The lowest BCUT2D eigenvalue weighted by atomic mass is 10.1. The minimum atomic E-state index is -0.664. The maximum absolute atomic E-state index is 14.4. The summed E-state index contributed by atoms with van der Waals surface area (Å²) in [4.78, 5) is 39.0. The molecule has 4 aromatic rings. The van der Waals surface area contributed by atoms with Gasteiger partial charge in [-0.25, -0.2) is 14.1 Å². The zero-order valence-corrected chi connectivity index (χ0v) is 20.4. The van der Waals surface area contributed by atoms with Crippen LogP contribution >= 0.6 is 0 Å². The molecule has 0 saturated carbocycles. The predicted octanol–water partition coefficient (Wildman–Crippen LogP) is 4.98. The zero-order chi connectivity index (χ0) is 26.1. The molecule has 3 aromatic carbocycles. The van der Waals surface area contributed by atoms with Crippen LogP contribution in [0.1, 0.15) is 22.4 Å². The Morgan fingerprint density at radius 2 is 1.68 bits per heavy atom. The topological polar surface area (TPSA) is 83.4 Å². The number of nitrogens with zero attached hydrogens (tertiary/aromatic N) is 2. The molecule has 186 valence electrons. The highest BCUT2D eigenvalue weighted by atomic mass is 19.1. The summed E-state index contributed by atoms with van der Waals surface area (Å²) in [6, 6.07) is 20.8. The highest BCUT2D eigenvalue weighted by molar-refractivity contribution is 6.16. The number of hydrogen-bond donors (Lipinski definition) is 2. The lowest BCUT2D eigenvalue weighted by Crippen LogP contribution is -2.38. The van der Waals surface area contributed by atoms with Crippen molar-refractivity contribution in [2.75, 3.05) is 11.9 Å². The molecule has 1 saturated heterocycles. The molecule has 0 bridgehead atoms. The predicted molar refractivity (Wildman–Crippen MR) is 140 cm³/mol. The molecule has 1 aliphatic rings. The summed E-state index contributed by atoms with van der Waals surface area (Å²) in [5.74, 6) is -1.36. The fourth-order valence-electron chi connectivity index (χ4n) is 4.48. The highest BCUT2D eigenvalue weighted by Gasteiger charge is 2.35. The third-order valence-corrected chi connectivity index (χ3v) is 6.45. The van der Waals surface area contributed by atoms with Crippen LogP contribution in [0.15, 0.2) is 78.5 Å². The van der Waals surface area contributed by atoms with Crippen molar-refractivity contribution >= 4 is 40.5 Å². The van der Waals surface area contributed by atoms with E-state index in [-0.39, 0.29) is 11.5 Å². The van der Waals surface area contributed by atoms with Gasteiger partial charge in [0.1, 0.15) is 18.1 Å². The Morgan fingerprint density at radius 3 is 2.43 bits per heavy atom. The number of hydrogen-bond acceptors (Lipinski definition) is 3. The Morgan fingerprint density at radius 1 is 0.973 bits per heavy atom. The van der Waals surface area contributed by atoms with Crippen molar-refractivity contribution in [3.8, 4) is 0 Å². The van der Waals surface area contributed by atoms with Crippen molar-refractivity contribution in [2.24, 2.45) is 0 Å². The Kier molecular flexibility index (Phi) is 6.31. The maximum Gasteiger partial charge on any atom is 0.329 e. The summed E-state index contributed by atoms with van der Waals surface area (Å²) in [7, 11) is 0. The third kappa shape index (κ3) is 4.73. The van der Waals surface area contributed by atoms with Crippen LogP contribution in [-0.4, -0.2) is 33.9 Å². The molecule has 0 unspecified atom stereocenters. The Hall–Kier alpha value is -4.72. The summed E-state index contributed by atoms with van der Waals surface area (Å²) >= 11 is 0. The van der Waals surface area contributed by atoms with E-state index in [2.05, 4.69) is 10.6 Å². The number of amides is 4. The van der Waals surface area contributed by atoms with Crippen molar-refractivity contribution in [2.45, 2.75) is 20.4 Å². The molecule has 8 heteroatoms. The van der Waals surface area contributed by atoms with Gasteiger partial charge in [0.2, 0.25) is 5.91 Å². The van der Waals surface area contributed by atoms with E-state index in [4.69, 9.17) is 0 Å². The third-order valence-electron chi connectivity index (χ3n) is 6.45. The minimum absolute atomic E-state index is 0.0741. The number of halogens is 1. The monoisotopic (exact) mass is 496 g/mol. The molecule has 1 fully saturated rings. The second-order valence-corrected chi connectivity index (χ2v) is 8.99. The number of urea groups is 1. The maximum atomic E-state index is 14.4. The van der Waals surface area contributed by atoms with Crippen LogP contribution in [-0.2, 0) is 16.1 Å². The number of carbonyl (C=O) groups excluding carboxylic acids is 3. The van der Waals surface area contributed by atoms with E-state index >= 15 is 0 Å². The van der Waals surface area contributed by atoms with E-state index in [1.54, 1.807) is 36.4 Å². The smallest absolute Gasteiger partial charge is 0.329 e. The van der Waals surface area contributed by atoms with E-state index in [0.29, 0.717) is 17.8 Å². The Balaban J connectivity index is 1.42. The van der Waals surface area contributed by atoms with Crippen molar-refractivity contribution in [1.29, 1.82) is 0 Å². The second-order valence-electron chi connectivity index (χ2n) is 8.99. The number of carbonyl (C=O) groups is 3. The molecule has 0 spiro atoms. The number of fused-ring (bicyclic) bond motifs is 1. The fourth-order valence-corrected chi connectivity index (χ4v) is 4.48. The lowest BCUT2D eigenvalue weighted by Gasteiger charge is -2.12. The van der Waals surface area contributed by atoms with Crippen molar-refractivity contribution in [3.05, 3.63) is 107 Å². The quantitative estimate of drug-likeness (QED) is 0.292. The summed E-state index contributed by atoms with van der Waals surface area (Å²) < 4.78 is 16.4. The second kappa shape index (κ2) is 9.73. The summed E-state index contributed by atoms with van der Waals surface area (Å²) in [6.07, 6.45) is 1.62. The van der Waals surface area contributed by atoms with E-state index < -0.39 is 24.4 Å². The largest absolute Gasteiger partial charge is 0.340 e. The van der Waals surface area contributed by atoms with E-state index in [9.17, 15) is 18.8 Å². The molecule has 5 rings (SSSR count). The number of nitrogens with one attached hydrogen (secondary N) is 2. The number of anilines is 1. The van der Waals surface area contributed by atoms with Crippen LogP contribution in [0, 0.1) is 19.7 Å². The summed E-state index contributed by atoms with van der Waals surface area (Å²) in [5.41, 5.74) is 4.67. The van der Waals surface area contributed by atoms with E-state index in [1.807, 2.05) is 54.8 Å². The van der Waals surface area contributed by atoms with Gasteiger partial charge in [-0.2, -0.15) is 0 Å². The van der Waals surface area contributed by atoms with Crippen LogP contribution in [0.3, 0.4) is 0 Å². The molecule has 0 atom stereocenters. The minimum Gasteiger partial charge on any atom is -0.340 e. The first-order chi connectivity index (χ1) is 17.8. The Labute approximate surface area is 213 Å². The number of aromatic nitrogens is 1. The molecule has 1 aromatic heterocycles. The number of para-hydroxylation sites is 1. The standard InChI is InChI=1S/C29H25FN4O3/c1-18-11-13-21(14-12-18)31-27(35)17-34-28(36)25(32-29(34)37)15-23-19(2)33(26-10-6-4-8-22(23)26)16-20-7-3-5-9-24(20)30/h3-15H,16-17H2,1-2H3,(H,31,35)(H,32,37)/b25-15+. The molecule has 7 nitrogen and oxygen atoms in total. The van der Waals surface area contributed by atoms with Crippen LogP contribution in [0.25, 0.3) is 17.0 Å². The van der Waals surface area contributed by atoms with Gasteiger partial charge in [0.05, 0.1) is 6.54 Å². The summed E-state index contributed by atoms with van der Waals surface area (Å²) in [5, 5.41) is 6.15. The molecule has 1 aliphatic heterocycles. The highest BCUT2D eigenvalue weighted by Crippen LogP contribution is 2.30. The number of benzene rings is 3. The number of rotatable bonds is 6. The van der Waals surface area contributed by atoms with E-state index in [0.717, 1.165) is 32.6 Å². The van der Waals surface area contributed by atoms with Gasteiger partial charge in [0.25, 0.3) is 5.91 Å². The molecule has 37 heavy (non-hydrogen) atoms. The molecular formula is C29H25FN4O3. The average Bonchev–Trinajstić information content (AvgIpc) is 3.30. The number of imide groups is 1. The van der Waals surface area contributed by atoms with Crippen molar-refractivity contribution < 1.29 is 18.8 Å².